The number of hydrogen-bond acceptors (Lipinski definition) is 3. The zero-order chi connectivity index (χ0) is 13.0. The normalized spacial score (nSPS) is 11.7. The number of nitrogens with zero attached hydrogens (tertiary/aromatic N) is 4. The second kappa shape index (κ2) is 3.51. The van der Waals surface area contributed by atoms with Crippen molar-refractivity contribution in [2.45, 2.75) is 13.8 Å². The van der Waals surface area contributed by atoms with Crippen LogP contribution in [0.3, 0.4) is 0 Å². The molecule has 0 aliphatic heterocycles. The van der Waals surface area contributed by atoms with Gasteiger partial charge in [-0.25, -0.2) is 15.0 Å². The zero-order valence-corrected chi connectivity index (χ0v) is 10.8. The summed E-state index contributed by atoms with van der Waals surface area (Å²) in [6.45, 7) is 4.11. The molecule has 4 rings (SSSR count). The number of hydrogen-bond donors (Lipinski definition) is 0. The average molecular weight is 248 g/mol. The molecule has 0 spiro atoms. The van der Waals surface area contributed by atoms with E-state index in [9.17, 15) is 0 Å². The molecule has 4 nitrogen and oxygen atoms in total. The fourth-order valence-electron chi connectivity index (χ4n) is 2.35. The van der Waals surface area contributed by atoms with E-state index in [0.29, 0.717) is 5.65 Å². The number of pyridine rings is 1. The van der Waals surface area contributed by atoms with Crippen molar-refractivity contribution in [1.29, 1.82) is 0 Å². The molecule has 0 aliphatic rings. The molecule has 92 valence electrons. The summed E-state index contributed by atoms with van der Waals surface area (Å²) in [6.07, 6.45) is 2.00. The molecule has 4 heteroatoms. The predicted molar refractivity (Wildman–Crippen MR) is 75.3 cm³/mol. The van der Waals surface area contributed by atoms with Crippen molar-refractivity contribution < 1.29 is 0 Å². The van der Waals surface area contributed by atoms with Crippen LogP contribution in [0.4, 0.5) is 0 Å². The Hall–Kier alpha value is -2.49. The summed E-state index contributed by atoms with van der Waals surface area (Å²) in [5.41, 5.74) is 6.57. The van der Waals surface area contributed by atoms with Crippen LogP contribution in [0.25, 0.3) is 28.0 Å². The van der Waals surface area contributed by atoms with Crippen LogP contribution >= 0.6 is 0 Å². The molecular formula is C15H12N4. The zero-order valence-electron chi connectivity index (χ0n) is 10.8. The number of aromatic nitrogens is 4. The van der Waals surface area contributed by atoms with Gasteiger partial charge in [-0.3, -0.25) is 4.40 Å². The Labute approximate surface area is 109 Å². The summed E-state index contributed by atoms with van der Waals surface area (Å²) in [5.74, 6) is 0. The maximum atomic E-state index is 4.69. The monoisotopic (exact) mass is 248 g/mol. The standard InChI is InChI=1S/C15H12N4/c1-9-3-4-11-12(7-9)17-15-14(16-11)18-13-8-10(2)5-6-19(13)15/h3-8H,1-2H3. The van der Waals surface area contributed by atoms with Crippen LogP contribution in [0, 0.1) is 13.8 Å². The third-order valence-electron chi connectivity index (χ3n) is 3.32. The lowest BCUT2D eigenvalue weighted by Gasteiger charge is -1.99. The molecule has 3 aromatic heterocycles. The first-order valence-corrected chi connectivity index (χ1v) is 6.23. The van der Waals surface area contributed by atoms with Gasteiger partial charge in [-0.1, -0.05) is 6.07 Å². The van der Waals surface area contributed by atoms with Crippen molar-refractivity contribution in [3.05, 3.63) is 47.7 Å². The minimum absolute atomic E-state index is 0.696. The minimum atomic E-state index is 0.696. The van der Waals surface area contributed by atoms with Crippen molar-refractivity contribution >= 4 is 28.0 Å². The van der Waals surface area contributed by atoms with Gasteiger partial charge in [-0.05, 0) is 49.2 Å². The Kier molecular flexibility index (Phi) is 1.93. The van der Waals surface area contributed by atoms with Crippen molar-refractivity contribution in [1.82, 2.24) is 19.4 Å². The van der Waals surface area contributed by atoms with Gasteiger partial charge in [0.25, 0.3) is 0 Å². The lowest BCUT2D eigenvalue weighted by Crippen LogP contribution is -1.90. The van der Waals surface area contributed by atoms with E-state index < -0.39 is 0 Å². The average Bonchev–Trinajstić information content (AvgIpc) is 2.72. The van der Waals surface area contributed by atoms with Crippen LogP contribution in [0.1, 0.15) is 11.1 Å². The fourth-order valence-corrected chi connectivity index (χ4v) is 2.35. The van der Waals surface area contributed by atoms with E-state index in [0.717, 1.165) is 22.3 Å². The van der Waals surface area contributed by atoms with Crippen LogP contribution in [0.15, 0.2) is 36.5 Å². The topological polar surface area (TPSA) is 43.1 Å². The molecule has 0 atom stereocenters. The van der Waals surface area contributed by atoms with Gasteiger partial charge in [0, 0.05) is 6.20 Å². The third-order valence-corrected chi connectivity index (χ3v) is 3.32. The maximum absolute atomic E-state index is 4.69. The summed E-state index contributed by atoms with van der Waals surface area (Å²) in [7, 11) is 0. The molecule has 0 bridgehead atoms. The summed E-state index contributed by atoms with van der Waals surface area (Å²) >= 11 is 0. The highest BCUT2D eigenvalue weighted by molar-refractivity contribution is 5.85. The smallest absolute Gasteiger partial charge is 0.198 e. The van der Waals surface area contributed by atoms with Crippen molar-refractivity contribution in [3.8, 4) is 0 Å². The Morgan fingerprint density at radius 3 is 2.58 bits per heavy atom. The molecule has 0 N–H and O–H groups in total. The Morgan fingerprint density at radius 2 is 1.68 bits per heavy atom. The van der Waals surface area contributed by atoms with Gasteiger partial charge in [0.1, 0.15) is 5.65 Å². The van der Waals surface area contributed by atoms with E-state index in [2.05, 4.69) is 35.9 Å². The fraction of sp³-hybridized carbons (Fsp3) is 0.133. The Bertz CT molecular complexity index is 937. The lowest BCUT2D eigenvalue weighted by molar-refractivity contribution is 1.18. The molecule has 0 radical (unpaired) electrons. The SMILES string of the molecule is Cc1ccc2nc3nc4cc(C)ccn4c3nc2c1. The van der Waals surface area contributed by atoms with Gasteiger partial charge in [-0.15, -0.1) is 0 Å². The number of benzene rings is 1. The Balaban J connectivity index is 2.20. The Morgan fingerprint density at radius 1 is 0.842 bits per heavy atom. The first-order chi connectivity index (χ1) is 9.20. The highest BCUT2D eigenvalue weighted by Crippen LogP contribution is 2.19. The molecule has 0 saturated heterocycles. The van der Waals surface area contributed by atoms with E-state index in [-0.39, 0.29) is 0 Å². The van der Waals surface area contributed by atoms with E-state index in [1.807, 2.05) is 28.8 Å². The molecule has 19 heavy (non-hydrogen) atoms. The highest BCUT2D eigenvalue weighted by Gasteiger charge is 2.09. The number of fused-ring (bicyclic) bond motifs is 4. The molecule has 0 aliphatic carbocycles. The minimum Gasteiger partial charge on any atom is -0.283 e. The number of imidazole rings is 1. The molecule has 0 unspecified atom stereocenters. The van der Waals surface area contributed by atoms with Gasteiger partial charge in [0.15, 0.2) is 11.3 Å². The van der Waals surface area contributed by atoms with E-state index in [4.69, 9.17) is 4.98 Å². The van der Waals surface area contributed by atoms with E-state index in [1.165, 1.54) is 11.1 Å². The number of aryl methyl sites for hydroxylation is 2. The summed E-state index contributed by atoms with van der Waals surface area (Å²) in [5, 5.41) is 0. The molecule has 0 saturated carbocycles. The summed E-state index contributed by atoms with van der Waals surface area (Å²) < 4.78 is 1.98. The van der Waals surface area contributed by atoms with Gasteiger partial charge >= 0.3 is 0 Å². The second-order valence-corrected chi connectivity index (χ2v) is 4.91. The predicted octanol–water partition coefficient (Wildman–Crippen LogP) is 3.05. The van der Waals surface area contributed by atoms with Crippen LogP contribution in [0.2, 0.25) is 0 Å². The van der Waals surface area contributed by atoms with Crippen LogP contribution in [-0.2, 0) is 0 Å². The molecule has 3 heterocycles. The van der Waals surface area contributed by atoms with Crippen LogP contribution < -0.4 is 0 Å². The van der Waals surface area contributed by atoms with Gasteiger partial charge < -0.3 is 0 Å². The third kappa shape index (κ3) is 1.50. The van der Waals surface area contributed by atoms with Gasteiger partial charge in [-0.2, -0.15) is 0 Å². The van der Waals surface area contributed by atoms with Crippen LogP contribution in [-0.4, -0.2) is 19.4 Å². The molecule has 0 fully saturated rings. The van der Waals surface area contributed by atoms with Crippen molar-refractivity contribution in [3.63, 3.8) is 0 Å². The molecule has 1 aromatic carbocycles. The first-order valence-electron chi connectivity index (χ1n) is 6.23. The highest BCUT2D eigenvalue weighted by atomic mass is 15.1. The van der Waals surface area contributed by atoms with Crippen LogP contribution in [0.5, 0.6) is 0 Å². The van der Waals surface area contributed by atoms with Gasteiger partial charge in [0.05, 0.1) is 11.0 Å². The molecular weight excluding hydrogens is 236 g/mol. The second-order valence-electron chi connectivity index (χ2n) is 4.91. The van der Waals surface area contributed by atoms with Crippen molar-refractivity contribution in [2.75, 3.05) is 0 Å². The van der Waals surface area contributed by atoms with E-state index in [1.54, 1.807) is 0 Å². The quantitative estimate of drug-likeness (QED) is 0.480. The molecule has 4 aromatic rings. The summed E-state index contributed by atoms with van der Waals surface area (Å²) in [4.78, 5) is 13.8. The molecule has 0 amide bonds. The van der Waals surface area contributed by atoms with Crippen molar-refractivity contribution in [2.24, 2.45) is 0 Å². The van der Waals surface area contributed by atoms with E-state index >= 15 is 0 Å². The summed E-state index contributed by atoms with van der Waals surface area (Å²) in [6, 6.07) is 10.2. The lowest BCUT2D eigenvalue weighted by atomic mass is 10.2. The first kappa shape index (κ1) is 10.4. The largest absolute Gasteiger partial charge is 0.283 e. The maximum Gasteiger partial charge on any atom is 0.198 e. The number of rotatable bonds is 0. The van der Waals surface area contributed by atoms with Gasteiger partial charge in [0.2, 0.25) is 0 Å².